The summed E-state index contributed by atoms with van der Waals surface area (Å²) in [6.07, 6.45) is 4.53. The molecule has 0 spiro atoms. The average Bonchev–Trinajstić information content (AvgIpc) is 2.48. The fraction of sp³-hybridized carbons (Fsp3) is 0.263. The van der Waals surface area contributed by atoms with Crippen molar-refractivity contribution in [1.29, 1.82) is 0 Å². The number of unbranched alkanes of at least 4 members (excludes halogenated alkanes) is 2. The van der Waals surface area contributed by atoms with Crippen LogP contribution in [0.15, 0.2) is 48.5 Å². The number of phenols is 1. The largest absolute Gasteiger partial charge is 0.508 e. The van der Waals surface area contributed by atoms with Crippen LogP contribution < -0.4 is 0 Å². The molecule has 0 aliphatic rings. The van der Waals surface area contributed by atoms with Gasteiger partial charge in [-0.1, -0.05) is 56.2 Å². The zero-order valence-electron chi connectivity index (χ0n) is 11.9. The maximum Gasteiger partial charge on any atom is 0.119 e. The summed E-state index contributed by atoms with van der Waals surface area (Å²) in [4.78, 5) is 0. The van der Waals surface area contributed by atoms with Crippen LogP contribution in [0.25, 0.3) is 21.5 Å². The molecule has 1 N–H and O–H groups in total. The second kappa shape index (κ2) is 5.54. The van der Waals surface area contributed by atoms with Crippen molar-refractivity contribution in [3.63, 3.8) is 0 Å². The predicted octanol–water partition coefficient (Wildman–Crippen LogP) is 5.43. The molecule has 3 aromatic carbocycles. The van der Waals surface area contributed by atoms with Crippen molar-refractivity contribution in [2.24, 2.45) is 0 Å². The van der Waals surface area contributed by atoms with Gasteiger partial charge in [-0.15, -0.1) is 0 Å². The highest BCUT2D eigenvalue weighted by molar-refractivity contribution is 6.08. The van der Waals surface area contributed by atoms with Gasteiger partial charge in [0.15, 0.2) is 0 Å². The molecular formula is C19H20O. The smallest absolute Gasteiger partial charge is 0.119 e. The molecule has 0 fully saturated rings. The fourth-order valence-corrected chi connectivity index (χ4v) is 2.86. The third-order valence-corrected chi connectivity index (χ3v) is 3.99. The van der Waals surface area contributed by atoms with E-state index in [2.05, 4.69) is 37.3 Å². The molecule has 1 heteroatoms. The predicted molar refractivity (Wildman–Crippen MR) is 86.3 cm³/mol. The van der Waals surface area contributed by atoms with Gasteiger partial charge in [-0.05, 0) is 52.1 Å². The van der Waals surface area contributed by atoms with Gasteiger partial charge in [0.25, 0.3) is 0 Å². The monoisotopic (exact) mass is 264 g/mol. The summed E-state index contributed by atoms with van der Waals surface area (Å²) < 4.78 is 0. The molecule has 0 unspecified atom stereocenters. The molecule has 3 aromatic rings. The van der Waals surface area contributed by atoms with Gasteiger partial charge in [0.2, 0.25) is 0 Å². The van der Waals surface area contributed by atoms with E-state index in [1.165, 1.54) is 29.0 Å². The number of rotatable bonds is 4. The molecule has 0 saturated heterocycles. The molecule has 0 saturated carbocycles. The maximum atomic E-state index is 10.3. The lowest BCUT2D eigenvalue weighted by atomic mass is 9.97. The minimum atomic E-state index is 0.435. The molecule has 3 rings (SSSR count). The van der Waals surface area contributed by atoms with Crippen LogP contribution in [0, 0.1) is 0 Å². The lowest BCUT2D eigenvalue weighted by Crippen LogP contribution is -1.88. The standard InChI is InChI=1S/C19H20O/c1-2-3-4-8-16-12-15-11-10-14-7-5-6-9-17(14)18(15)13-19(16)20/h5-7,9-13,20H,2-4,8H2,1H3. The van der Waals surface area contributed by atoms with Gasteiger partial charge in [-0.2, -0.15) is 0 Å². The Kier molecular flexibility index (Phi) is 3.60. The molecule has 0 aliphatic heterocycles. The Morgan fingerprint density at radius 3 is 2.50 bits per heavy atom. The van der Waals surface area contributed by atoms with E-state index < -0.39 is 0 Å². The molecule has 102 valence electrons. The van der Waals surface area contributed by atoms with E-state index in [0.29, 0.717) is 5.75 Å². The lowest BCUT2D eigenvalue weighted by molar-refractivity contribution is 0.467. The number of aromatic hydroxyl groups is 1. The van der Waals surface area contributed by atoms with Gasteiger partial charge >= 0.3 is 0 Å². The van der Waals surface area contributed by atoms with Crippen LogP contribution in [0.1, 0.15) is 31.7 Å². The van der Waals surface area contributed by atoms with Crippen LogP contribution in [0.4, 0.5) is 0 Å². The minimum Gasteiger partial charge on any atom is -0.508 e. The van der Waals surface area contributed by atoms with Crippen LogP contribution in [-0.4, -0.2) is 5.11 Å². The number of fused-ring (bicyclic) bond motifs is 3. The van der Waals surface area contributed by atoms with Crippen LogP contribution in [-0.2, 0) is 6.42 Å². The summed E-state index contributed by atoms with van der Waals surface area (Å²) in [5.41, 5.74) is 1.07. The Bertz CT molecular complexity index is 743. The molecule has 0 aromatic heterocycles. The molecule has 0 heterocycles. The number of phenolic OH excluding ortho intramolecular Hbond substituents is 1. The first kappa shape index (κ1) is 13.0. The van der Waals surface area contributed by atoms with E-state index in [9.17, 15) is 5.11 Å². The highest BCUT2D eigenvalue weighted by Gasteiger charge is 2.06. The zero-order valence-corrected chi connectivity index (χ0v) is 11.9. The van der Waals surface area contributed by atoms with E-state index in [0.717, 1.165) is 23.8 Å². The number of aryl methyl sites for hydroxylation is 1. The van der Waals surface area contributed by atoms with E-state index in [1.54, 1.807) is 0 Å². The molecule has 20 heavy (non-hydrogen) atoms. The topological polar surface area (TPSA) is 20.2 Å². The first-order valence-electron chi connectivity index (χ1n) is 7.43. The van der Waals surface area contributed by atoms with E-state index in [4.69, 9.17) is 0 Å². The minimum absolute atomic E-state index is 0.435. The number of benzene rings is 3. The molecule has 0 atom stereocenters. The van der Waals surface area contributed by atoms with E-state index in [-0.39, 0.29) is 0 Å². The second-order valence-corrected chi connectivity index (χ2v) is 5.45. The third kappa shape index (κ3) is 2.36. The lowest BCUT2D eigenvalue weighted by Gasteiger charge is -2.09. The molecule has 0 bridgehead atoms. The summed E-state index contributed by atoms with van der Waals surface area (Å²) in [6, 6.07) is 16.7. The van der Waals surface area contributed by atoms with Crippen LogP contribution in [0.2, 0.25) is 0 Å². The number of hydrogen-bond donors (Lipinski definition) is 1. The quantitative estimate of drug-likeness (QED) is 0.492. The van der Waals surface area contributed by atoms with E-state index >= 15 is 0 Å². The first-order chi connectivity index (χ1) is 9.79. The van der Waals surface area contributed by atoms with Crippen molar-refractivity contribution < 1.29 is 5.11 Å². The Morgan fingerprint density at radius 1 is 0.850 bits per heavy atom. The molecule has 0 amide bonds. The average molecular weight is 264 g/mol. The summed E-state index contributed by atoms with van der Waals surface area (Å²) in [6.45, 7) is 2.20. The van der Waals surface area contributed by atoms with Crippen molar-refractivity contribution in [2.75, 3.05) is 0 Å². The second-order valence-electron chi connectivity index (χ2n) is 5.45. The fourth-order valence-electron chi connectivity index (χ4n) is 2.86. The Morgan fingerprint density at radius 2 is 1.65 bits per heavy atom. The third-order valence-electron chi connectivity index (χ3n) is 3.99. The Balaban J connectivity index is 2.10. The van der Waals surface area contributed by atoms with Crippen LogP contribution in [0.5, 0.6) is 5.75 Å². The summed E-state index contributed by atoms with van der Waals surface area (Å²) in [5, 5.41) is 15.1. The van der Waals surface area contributed by atoms with Crippen molar-refractivity contribution in [2.45, 2.75) is 32.6 Å². The normalized spacial score (nSPS) is 11.2. The van der Waals surface area contributed by atoms with Crippen molar-refractivity contribution in [3.05, 3.63) is 54.1 Å². The summed E-state index contributed by atoms with van der Waals surface area (Å²) in [7, 11) is 0. The molecule has 1 nitrogen and oxygen atoms in total. The summed E-state index contributed by atoms with van der Waals surface area (Å²) in [5.74, 6) is 0.435. The van der Waals surface area contributed by atoms with Crippen LogP contribution >= 0.6 is 0 Å². The van der Waals surface area contributed by atoms with Crippen molar-refractivity contribution >= 4 is 21.5 Å². The molecular weight excluding hydrogens is 244 g/mol. The molecule has 0 aliphatic carbocycles. The highest BCUT2D eigenvalue weighted by atomic mass is 16.3. The van der Waals surface area contributed by atoms with Gasteiger partial charge in [0, 0.05) is 0 Å². The van der Waals surface area contributed by atoms with Gasteiger partial charge in [-0.25, -0.2) is 0 Å². The Hall–Kier alpha value is -2.02. The van der Waals surface area contributed by atoms with Crippen LogP contribution in [0.3, 0.4) is 0 Å². The Labute approximate surface area is 119 Å². The van der Waals surface area contributed by atoms with Crippen molar-refractivity contribution in [1.82, 2.24) is 0 Å². The van der Waals surface area contributed by atoms with Gasteiger partial charge in [0.05, 0.1) is 0 Å². The number of hydrogen-bond acceptors (Lipinski definition) is 1. The SMILES string of the molecule is CCCCCc1cc2ccc3ccccc3c2cc1O. The summed E-state index contributed by atoms with van der Waals surface area (Å²) >= 11 is 0. The maximum absolute atomic E-state index is 10.3. The highest BCUT2D eigenvalue weighted by Crippen LogP contribution is 2.31. The van der Waals surface area contributed by atoms with Gasteiger partial charge in [0.1, 0.15) is 5.75 Å². The zero-order chi connectivity index (χ0) is 13.9. The van der Waals surface area contributed by atoms with E-state index in [1.807, 2.05) is 18.2 Å². The molecule has 0 radical (unpaired) electrons. The van der Waals surface area contributed by atoms with Crippen molar-refractivity contribution in [3.8, 4) is 5.75 Å². The van der Waals surface area contributed by atoms with Gasteiger partial charge in [-0.3, -0.25) is 0 Å². The first-order valence-corrected chi connectivity index (χ1v) is 7.43. The van der Waals surface area contributed by atoms with Gasteiger partial charge < -0.3 is 5.11 Å².